The lowest BCUT2D eigenvalue weighted by Gasteiger charge is -2.45. The standard InChI is InChI=1S/C28H25N3O9S/c1-2-23-24(29-25(23)32)28(41-22-6-4-3-5-7-22,26(33)39-16-18-8-12-20(13-9-18)30(35)36)27(34)40-17-19-10-14-21(15-11-19)31(37)38/h3-15,23-24H,2,16-17H2,1H3,(H,29,32)/t23-,24+/m1/s1. The van der Waals surface area contributed by atoms with E-state index in [1.165, 1.54) is 48.5 Å². The second kappa shape index (κ2) is 12.6. The summed E-state index contributed by atoms with van der Waals surface area (Å²) < 4.78 is 9.18. The zero-order valence-corrected chi connectivity index (χ0v) is 22.6. The molecule has 1 fully saturated rings. The number of carbonyl (C=O) groups excluding carboxylic acids is 3. The van der Waals surface area contributed by atoms with Crippen molar-refractivity contribution in [1.82, 2.24) is 5.32 Å². The number of β-lactam (4-membered cyclic amide) rings is 1. The summed E-state index contributed by atoms with van der Waals surface area (Å²) in [5.41, 5.74) is 0.636. The van der Waals surface area contributed by atoms with Crippen molar-refractivity contribution >= 4 is 41.0 Å². The molecule has 0 radical (unpaired) electrons. The van der Waals surface area contributed by atoms with E-state index >= 15 is 0 Å². The zero-order chi connectivity index (χ0) is 29.6. The summed E-state index contributed by atoms with van der Waals surface area (Å²) in [6.45, 7) is 1.18. The summed E-state index contributed by atoms with van der Waals surface area (Å²) in [5.74, 6) is -2.91. The van der Waals surface area contributed by atoms with Gasteiger partial charge in [-0.25, -0.2) is 9.59 Å². The SMILES string of the molecule is CC[C@H]1C(=O)N[C@@H]1C(Sc1ccccc1)(C(=O)OCc1ccc([N+](=O)[O-])cc1)C(=O)OCc1ccc([N+](=O)[O-])cc1. The van der Waals surface area contributed by atoms with Crippen LogP contribution in [-0.4, -0.2) is 38.5 Å². The van der Waals surface area contributed by atoms with Gasteiger partial charge in [0, 0.05) is 29.2 Å². The van der Waals surface area contributed by atoms with E-state index in [9.17, 15) is 34.6 Å². The number of esters is 2. The third kappa shape index (κ3) is 6.35. The topological polar surface area (TPSA) is 168 Å². The summed E-state index contributed by atoms with van der Waals surface area (Å²) in [4.78, 5) is 61.6. The van der Waals surface area contributed by atoms with Crippen LogP contribution in [0.4, 0.5) is 11.4 Å². The first-order valence-corrected chi connectivity index (χ1v) is 13.3. The molecule has 0 aromatic heterocycles. The molecule has 0 spiro atoms. The molecule has 212 valence electrons. The van der Waals surface area contributed by atoms with E-state index in [0.29, 0.717) is 22.4 Å². The molecule has 13 heteroatoms. The molecule has 3 aromatic carbocycles. The highest BCUT2D eigenvalue weighted by Gasteiger charge is 2.63. The van der Waals surface area contributed by atoms with Gasteiger partial charge in [-0.2, -0.15) is 0 Å². The number of carbonyl (C=O) groups is 3. The molecule has 1 aliphatic rings. The molecule has 2 atom stereocenters. The molecule has 12 nitrogen and oxygen atoms in total. The second-order valence-corrected chi connectivity index (χ2v) is 10.5. The number of nitrogens with zero attached hydrogens (tertiary/aromatic N) is 2. The van der Waals surface area contributed by atoms with Crippen LogP contribution in [0.3, 0.4) is 0 Å². The van der Waals surface area contributed by atoms with Gasteiger partial charge in [-0.3, -0.25) is 25.0 Å². The number of thioether (sulfide) groups is 1. The smallest absolute Gasteiger partial charge is 0.336 e. The molecule has 4 rings (SSSR count). The number of hydrogen-bond donors (Lipinski definition) is 1. The Balaban J connectivity index is 1.66. The van der Waals surface area contributed by atoms with Crippen LogP contribution < -0.4 is 5.32 Å². The molecule has 0 unspecified atom stereocenters. The highest BCUT2D eigenvalue weighted by Crippen LogP contribution is 2.44. The molecule has 0 aliphatic carbocycles. The van der Waals surface area contributed by atoms with Gasteiger partial charge in [-0.15, -0.1) is 0 Å². The highest BCUT2D eigenvalue weighted by molar-refractivity contribution is 8.02. The van der Waals surface area contributed by atoms with Crippen LogP contribution in [0.25, 0.3) is 0 Å². The van der Waals surface area contributed by atoms with Gasteiger partial charge in [0.1, 0.15) is 13.2 Å². The lowest BCUT2D eigenvalue weighted by Crippen LogP contribution is -2.72. The number of ether oxygens (including phenoxy) is 2. The maximum absolute atomic E-state index is 13.9. The third-order valence-corrected chi connectivity index (χ3v) is 7.99. The van der Waals surface area contributed by atoms with E-state index in [1.807, 2.05) is 0 Å². The monoisotopic (exact) mass is 579 g/mol. The summed E-state index contributed by atoms with van der Waals surface area (Å²) >= 11 is 0.898. The Hall–Kier alpha value is -4.78. The maximum Gasteiger partial charge on any atom is 0.336 e. The van der Waals surface area contributed by atoms with Gasteiger partial charge in [-0.05, 0) is 53.9 Å². The highest BCUT2D eigenvalue weighted by atomic mass is 32.2. The first kappa shape index (κ1) is 29.2. The van der Waals surface area contributed by atoms with Crippen molar-refractivity contribution in [2.45, 2.75) is 42.2 Å². The van der Waals surface area contributed by atoms with Crippen molar-refractivity contribution in [2.24, 2.45) is 5.92 Å². The van der Waals surface area contributed by atoms with Crippen molar-refractivity contribution in [3.8, 4) is 0 Å². The van der Waals surface area contributed by atoms with E-state index in [2.05, 4.69) is 5.32 Å². The number of amides is 1. The number of nitro groups is 2. The van der Waals surface area contributed by atoms with Gasteiger partial charge in [0.15, 0.2) is 0 Å². The summed E-state index contributed by atoms with van der Waals surface area (Å²) in [6, 6.07) is 18.5. The summed E-state index contributed by atoms with van der Waals surface area (Å²) in [6.07, 6.45) is 0.346. The van der Waals surface area contributed by atoms with Gasteiger partial charge in [0.25, 0.3) is 11.4 Å². The molecule has 3 aromatic rings. The maximum atomic E-state index is 13.9. The molecule has 1 aliphatic heterocycles. The first-order valence-electron chi connectivity index (χ1n) is 12.5. The average molecular weight is 580 g/mol. The van der Waals surface area contributed by atoms with Crippen LogP contribution in [0.1, 0.15) is 24.5 Å². The van der Waals surface area contributed by atoms with Crippen molar-refractivity contribution in [3.05, 3.63) is 110 Å². The average Bonchev–Trinajstić information content (AvgIpc) is 2.97. The van der Waals surface area contributed by atoms with Crippen molar-refractivity contribution < 1.29 is 33.7 Å². The van der Waals surface area contributed by atoms with Crippen molar-refractivity contribution in [2.75, 3.05) is 0 Å². The summed E-state index contributed by atoms with van der Waals surface area (Å²) in [5, 5.41) is 24.6. The normalized spacial score (nSPS) is 16.2. The molecule has 1 heterocycles. The van der Waals surface area contributed by atoms with Crippen molar-refractivity contribution in [3.63, 3.8) is 0 Å². The quantitative estimate of drug-likeness (QED) is 0.0813. The first-order chi connectivity index (χ1) is 19.6. The lowest BCUT2D eigenvalue weighted by atomic mass is 9.78. The van der Waals surface area contributed by atoms with Crippen LogP contribution in [0, 0.1) is 26.1 Å². The minimum absolute atomic E-state index is 0.133. The van der Waals surface area contributed by atoms with E-state index in [0.717, 1.165) is 11.8 Å². The minimum Gasteiger partial charge on any atom is -0.459 e. The predicted octanol–water partition coefficient (Wildman–Crippen LogP) is 4.35. The van der Waals surface area contributed by atoms with Crippen LogP contribution in [0.5, 0.6) is 0 Å². The Morgan fingerprint density at radius 3 is 1.68 bits per heavy atom. The van der Waals surface area contributed by atoms with E-state index < -0.39 is 38.5 Å². The van der Waals surface area contributed by atoms with Gasteiger partial charge in [-0.1, -0.05) is 36.9 Å². The molecular formula is C28H25N3O9S. The molecule has 0 bridgehead atoms. The largest absolute Gasteiger partial charge is 0.459 e. The molecular weight excluding hydrogens is 554 g/mol. The number of non-ortho nitro benzene ring substituents is 2. The van der Waals surface area contributed by atoms with Crippen LogP contribution >= 0.6 is 11.8 Å². The molecule has 41 heavy (non-hydrogen) atoms. The Morgan fingerprint density at radius 2 is 1.29 bits per heavy atom. The van der Waals surface area contributed by atoms with Gasteiger partial charge >= 0.3 is 11.9 Å². The van der Waals surface area contributed by atoms with Crippen LogP contribution in [0.15, 0.2) is 83.8 Å². The minimum atomic E-state index is -2.04. The predicted molar refractivity (Wildman–Crippen MR) is 147 cm³/mol. The van der Waals surface area contributed by atoms with Gasteiger partial charge in [0.2, 0.25) is 10.7 Å². The number of nitrogens with one attached hydrogen (secondary N) is 1. The molecule has 1 saturated heterocycles. The summed E-state index contributed by atoms with van der Waals surface area (Å²) in [7, 11) is 0. The molecule has 1 N–H and O–H groups in total. The van der Waals surface area contributed by atoms with E-state index in [4.69, 9.17) is 9.47 Å². The van der Waals surface area contributed by atoms with Gasteiger partial charge in [0.05, 0.1) is 21.8 Å². The fourth-order valence-electron chi connectivity index (χ4n) is 4.32. The Labute approximate surface area is 238 Å². The fraction of sp³-hybridized carbons (Fsp3) is 0.250. The molecule has 1 amide bonds. The van der Waals surface area contributed by atoms with Crippen LogP contribution in [0.2, 0.25) is 0 Å². The lowest BCUT2D eigenvalue weighted by molar-refractivity contribution is -0.385. The fourth-order valence-corrected chi connectivity index (χ4v) is 5.62. The van der Waals surface area contributed by atoms with Gasteiger partial charge < -0.3 is 14.8 Å². The Bertz CT molecular complexity index is 1370. The zero-order valence-electron chi connectivity index (χ0n) is 21.8. The molecule has 0 saturated carbocycles. The number of nitro benzene ring substituents is 2. The number of rotatable bonds is 12. The van der Waals surface area contributed by atoms with Crippen molar-refractivity contribution in [1.29, 1.82) is 0 Å². The Morgan fingerprint density at radius 1 is 0.829 bits per heavy atom. The Kier molecular flexibility index (Phi) is 8.97. The second-order valence-electron chi connectivity index (χ2n) is 9.15. The van der Waals surface area contributed by atoms with E-state index in [1.54, 1.807) is 37.3 Å². The third-order valence-electron chi connectivity index (χ3n) is 6.58. The van der Waals surface area contributed by atoms with Crippen LogP contribution in [-0.2, 0) is 37.1 Å². The number of benzene rings is 3. The van der Waals surface area contributed by atoms with E-state index in [-0.39, 0.29) is 30.5 Å². The number of hydrogen-bond acceptors (Lipinski definition) is 10.